The van der Waals surface area contributed by atoms with Gasteiger partial charge in [0.25, 0.3) is 0 Å². The quantitative estimate of drug-likeness (QED) is 0.253. The van der Waals surface area contributed by atoms with Crippen LogP contribution >= 0.6 is 0 Å². The van der Waals surface area contributed by atoms with Crippen LogP contribution in [-0.4, -0.2) is 161 Å². The molecule has 0 spiro atoms. The van der Waals surface area contributed by atoms with Gasteiger partial charge in [0, 0.05) is 72.0 Å². The number of aliphatic hydroxyl groups is 1. The number of hydrogen-bond acceptors (Lipinski definition) is 9. The molecular formula is C26H43N5O7. The van der Waals surface area contributed by atoms with E-state index in [2.05, 4.69) is 21.9 Å². The molecule has 4 N–H and O–H groups in total. The highest BCUT2D eigenvalue weighted by atomic mass is 16.4. The van der Waals surface area contributed by atoms with Crippen molar-refractivity contribution in [2.75, 3.05) is 91.6 Å². The van der Waals surface area contributed by atoms with Crippen molar-refractivity contribution in [2.45, 2.75) is 19.6 Å². The molecule has 1 aromatic rings. The van der Waals surface area contributed by atoms with Crippen molar-refractivity contribution in [3.8, 4) is 0 Å². The molecule has 0 radical (unpaired) electrons. The molecule has 12 heteroatoms. The summed E-state index contributed by atoms with van der Waals surface area (Å²) in [7, 11) is 0. The third-order valence-electron chi connectivity index (χ3n) is 6.64. The fourth-order valence-electron chi connectivity index (χ4n) is 4.61. The zero-order chi connectivity index (χ0) is 27.9. The molecule has 12 nitrogen and oxygen atoms in total. The maximum atomic E-state index is 11.4. The molecule has 1 saturated heterocycles. The van der Waals surface area contributed by atoms with E-state index < -0.39 is 24.0 Å². The van der Waals surface area contributed by atoms with Crippen LogP contribution in [0.3, 0.4) is 0 Å². The first-order valence-corrected chi connectivity index (χ1v) is 13.1. The minimum atomic E-state index is -0.986. The smallest absolute Gasteiger partial charge is 0.317 e. The van der Waals surface area contributed by atoms with Gasteiger partial charge in [0.15, 0.2) is 0 Å². The SMILES string of the molecule is CCN(Cc1ccccc1)CC(O)CN1CCN(CC(=O)O)CCN(CC(=O)O)CCN(CC(=O)O)CC1. The number of hydrogen-bond donors (Lipinski definition) is 4. The summed E-state index contributed by atoms with van der Waals surface area (Å²) >= 11 is 0. The molecule has 0 aliphatic carbocycles. The van der Waals surface area contributed by atoms with Crippen molar-refractivity contribution in [2.24, 2.45) is 0 Å². The minimum absolute atomic E-state index is 0.164. The Hall–Kier alpha value is -2.61. The summed E-state index contributed by atoms with van der Waals surface area (Å²) < 4.78 is 0. The number of nitrogens with zero attached hydrogens (tertiary/aromatic N) is 5. The molecular weight excluding hydrogens is 494 g/mol. The van der Waals surface area contributed by atoms with Gasteiger partial charge >= 0.3 is 17.9 Å². The van der Waals surface area contributed by atoms with Crippen molar-refractivity contribution in [1.82, 2.24) is 24.5 Å². The number of benzene rings is 1. The van der Waals surface area contributed by atoms with E-state index in [1.165, 1.54) is 5.56 Å². The lowest BCUT2D eigenvalue weighted by Crippen LogP contribution is -2.50. The maximum absolute atomic E-state index is 11.4. The molecule has 0 bridgehead atoms. The molecule has 0 amide bonds. The van der Waals surface area contributed by atoms with Gasteiger partial charge in [0.1, 0.15) is 0 Å². The number of carbonyl (C=O) groups is 3. The molecule has 1 aliphatic rings. The van der Waals surface area contributed by atoms with E-state index >= 15 is 0 Å². The van der Waals surface area contributed by atoms with Crippen LogP contribution in [0.1, 0.15) is 12.5 Å². The van der Waals surface area contributed by atoms with Crippen molar-refractivity contribution in [3.63, 3.8) is 0 Å². The topological polar surface area (TPSA) is 148 Å². The van der Waals surface area contributed by atoms with Crippen LogP contribution in [0.25, 0.3) is 0 Å². The molecule has 214 valence electrons. The van der Waals surface area contributed by atoms with Gasteiger partial charge in [0.05, 0.1) is 25.7 Å². The van der Waals surface area contributed by atoms with E-state index in [-0.39, 0.29) is 19.6 Å². The number of likely N-dealkylation sites (N-methyl/N-ethyl adjacent to an activating group) is 1. The van der Waals surface area contributed by atoms with E-state index in [4.69, 9.17) is 0 Å². The average molecular weight is 538 g/mol. The lowest BCUT2D eigenvalue weighted by molar-refractivity contribution is -0.140. The molecule has 1 unspecified atom stereocenters. The number of β-amino-alcohol motifs (C(OH)–C–C–N with tert-alkyl or cyclic N) is 1. The Morgan fingerprint density at radius 2 is 1.13 bits per heavy atom. The van der Waals surface area contributed by atoms with Gasteiger partial charge in [-0.3, -0.25) is 38.9 Å². The Morgan fingerprint density at radius 3 is 1.50 bits per heavy atom. The second-order valence-corrected chi connectivity index (χ2v) is 9.78. The van der Waals surface area contributed by atoms with Gasteiger partial charge in [-0.05, 0) is 12.1 Å². The van der Waals surface area contributed by atoms with Crippen molar-refractivity contribution in [1.29, 1.82) is 0 Å². The van der Waals surface area contributed by atoms with Crippen LogP contribution < -0.4 is 0 Å². The Balaban J connectivity index is 2.08. The number of aliphatic hydroxyl groups excluding tert-OH is 1. The second-order valence-electron chi connectivity index (χ2n) is 9.78. The number of carboxylic acid groups (broad SMARTS) is 3. The van der Waals surface area contributed by atoms with Crippen LogP contribution in [0.15, 0.2) is 30.3 Å². The highest BCUT2D eigenvalue weighted by Gasteiger charge is 2.22. The van der Waals surface area contributed by atoms with Gasteiger partial charge in [0.2, 0.25) is 0 Å². The summed E-state index contributed by atoms with van der Waals surface area (Å²) in [6, 6.07) is 10.1. The summed E-state index contributed by atoms with van der Waals surface area (Å²) in [5.74, 6) is -2.90. The average Bonchev–Trinajstić information content (AvgIpc) is 2.84. The lowest BCUT2D eigenvalue weighted by Gasteiger charge is -2.34. The zero-order valence-electron chi connectivity index (χ0n) is 22.3. The first-order chi connectivity index (χ1) is 18.1. The number of carboxylic acids is 3. The molecule has 1 aliphatic heterocycles. The van der Waals surface area contributed by atoms with E-state index in [1.54, 1.807) is 14.7 Å². The largest absolute Gasteiger partial charge is 0.480 e. The van der Waals surface area contributed by atoms with Crippen molar-refractivity contribution >= 4 is 17.9 Å². The minimum Gasteiger partial charge on any atom is -0.480 e. The van der Waals surface area contributed by atoms with Crippen LogP contribution in [0, 0.1) is 0 Å². The predicted octanol–water partition coefficient (Wildman–Crippen LogP) is -0.655. The van der Waals surface area contributed by atoms with Crippen molar-refractivity contribution in [3.05, 3.63) is 35.9 Å². The second kappa shape index (κ2) is 17.1. The Kier molecular flexibility index (Phi) is 14.2. The summed E-state index contributed by atoms with van der Waals surface area (Å²) in [6.45, 7) is 7.17. The number of rotatable bonds is 13. The molecule has 1 fully saturated rings. The molecule has 1 atom stereocenters. The lowest BCUT2D eigenvalue weighted by atomic mass is 10.2. The predicted molar refractivity (Wildman–Crippen MR) is 142 cm³/mol. The Labute approximate surface area is 224 Å². The van der Waals surface area contributed by atoms with Crippen LogP contribution in [0.2, 0.25) is 0 Å². The van der Waals surface area contributed by atoms with Crippen molar-refractivity contribution < 1.29 is 34.8 Å². The molecule has 38 heavy (non-hydrogen) atoms. The summed E-state index contributed by atoms with van der Waals surface area (Å²) in [5, 5.41) is 39.0. The highest BCUT2D eigenvalue weighted by molar-refractivity contribution is 5.69. The fraction of sp³-hybridized carbons (Fsp3) is 0.654. The molecule has 0 saturated carbocycles. The first kappa shape index (κ1) is 31.6. The molecule has 0 aromatic heterocycles. The summed E-state index contributed by atoms with van der Waals surface area (Å²) in [6.07, 6.45) is -0.640. The first-order valence-electron chi connectivity index (χ1n) is 13.1. The third kappa shape index (κ3) is 13.3. The monoisotopic (exact) mass is 537 g/mol. The fourth-order valence-corrected chi connectivity index (χ4v) is 4.61. The highest BCUT2D eigenvalue weighted by Crippen LogP contribution is 2.07. The normalized spacial score (nSPS) is 18.5. The third-order valence-corrected chi connectivity index (χ3v) is 6.64. The van der Waals surface area contributed by atoms with E-state index in [0.717, 1.165) is 13.1 Å². The van der Waals surface area contributed by atoms with E-state index in [0.29, 0.717) is 65.4 Å². The van der Waals surface area contributed by atoms with Gasteiger partial charge in [-0.2, -0.15) is 0 Å². The van der Waals surface area contributed by atoms with Gasteiger partial charge in [-0.15, -0.1) is 0 Å². The van der Waals surface area contributed by atoms with Crippen LogP contribution in [0.4, 0.5) is 0 Å². The molecule has 1 aromatic carbocycles. The van der Waals surface area contributed by atoms with Crippen LogP contribution in [0.5, 0.6) is 0 Å². The molecule has 2 rings (SSSR count). The Morgan fingerprint density at radius 1 is 0.737 bits per heavy atom. The van der Waals surface area contributed by atoms with E-state index in [9.17, 15) is 34.8 Å². The van der Waals surface area contributed by atoms with Gasteiger partial charge < -0.3 is 20.4 Å². The summed E-state index contributed by atoms with van der Waals surface area (Å²) in [4.78, 5) is 43.7. The maximum Gasteiger partial charge on any atom is 0.317 e. The number of aliphatic carboxylic acids is 3. The Bertz CT molecular complexity index is 828. The molecule has 1 heterocycles. The summed E-state index contributed by atoms with van der Waals surface area (Å²) in [5.41, 5.74) is 1.17. The zero-order valence-corrected chi connectivity index (χ0v) is 22.3. The van der Waals surface area contributed by atoms with Crippen LogP contribution in [-0.2, 0) is 20.9 Å². The standard InChI is InChI=1S/C26H43N5O7/c1-2-27(16-22-6-4-3-5-7-22)17-23(32)18-28-8-10-29(19-24(33)34)12-14-31(21-26(37)38)15-13-30(11-9-28)20-25(35)36/h3-7,23,32H,2,8-21H2,1H3,(H,33,34)(H,35,36)(H,37,38). The van der Waals surface area contributed by atoms with Gasteiger partial charge in [-0.25, -0.2) is 0 Å². The van der Waals surface area contributed by atoms with E-state index in [1.807, 2.05) is 25.1 Å². The van der Waals surface area contributed by atoms with Gasteiger partial charge in [-0.1, -0.05) is 37.3 Å².